The van der Waals surface area contributed by atoms with Crippen molar-refractivity contribution in [3.63, 3.8) is 0 Å². The van der Waals surface area contributed by atoms with Crippen LogP contribution in [0.5, 0.6) is 0 Å². The summed E-state index contributed by atoms with van der Waals surface area (Å²) in [6.45, 7) is 1.21. The lowest BCUT2D eigenvalue weighted by atomic mass is 10.2. The van der Waals surface area contributed by atoms with Gasteiger partial charge in [-0.2, -0.15) is 0 Å². The van der Waals surface area contributed by atoms with E-state index in [2.05, 4.69) is 30.3 Å². The Labute approximate surface area is 152 Å². The average molecular weight is 383 g/mol. The number of hydrogen-bond donors (Lipinski definition) is 2. The van der Waals surface area contributed by atoms with Gasteiger partial charge in [-0.1, -0.05) is 11.3 Å². The molecule has 0 aromatic carbocycles. The van der Waals surface area contributed by atoms with Crippen molar-refractivity contribution in [2.45, 2.75) is 13.0 Å². The summed E-state index contributed by atoms with van der Waals surface area (Å²) in [6.07, 6.45) is 0.691. The van der Waals surface area contributed by atoms with Crippen LogP contribution in [0.2, 0.25) is 5.28 Å². The third kappa shape index (κ3) is 3.80. The Morgan fingerprint density at radius 1 is 1.36 bits per heavy atom. The minimum Gasteiger partial charge on any atom is -0.464 e. The van der Waals surface area contributed by atoms with Gasteiger partial charge in [-0.05, 0) is 11.6 Å². The van der Waals surface area contributed by atoms with E-state index in [9.17, 15) is 9.59 Å². The fourth-order valence-corrected chi connectivity index (χ4v) is 3.58. The fourth-order valence-electron chi connectivity index (χ4n) is 2.38. The van der Waals surface area contributed by atoms with Gasteiger partial charge in [-0.25, -0.2) is 24.5 Å². The van der Waals surface area contributed by atoms with Crippen molar-refractivity contribution in [2.24, 2.45) is 0 Å². The van der Waals surface area contributed by atoms with Crippen LogP contribution in [-0.4, -0.2) is 47.7 Å². The number of carbonyl (C=O) groups excluding carboxylic acids is 2. The molecule has 0 bridgehead atoms. The Morgan fingerprint density at radius 3 is 2.88 bits per heavy atom. The predicted octanol–water partition coefficient (Wildman–Crippen LogP) is 1.69. The number of amides is 2. The second-order valence-electron chi connectivity index (χ2n) is 5.14. The van der Waals surface area contributed by atoms with E-state index < -0.39 is 5.97 Å². The normalized spacial score (nSPS) is 13.2. The number of aromatic nitrogens is 3. The number of nitrogens with one attached hydrogen (secondary N) is 2. The second kappa shape index (κ2) is 7.19. The first kappa shape index (κ1) is 17.4. The van der Waals surface area contributed by atoms with Crippen LogP contribution in [0.25, 0.3) is 0 Å². The summed E-state index contributed by atoms with van der Waals surface area (Å²) in [4.78, 5) is 38.6. The van der Waals surface area contributed by atoms with Crippen LogP contribution in [0.1, 0.15) is 21.1 Å². The molecule has 2 N–H and O–H groups in total. The van der Waals surface area contributed by atoms with E-state index in [0.29, 0.717) is 30.5 Å². The van der Waals surface area contributed by atoms with E-state index in [-0.39, 0.29) is 17.0 Å². The second-order valence-corrected chi connectivity index (χ2v) is 6.56. The van der Waals surface area contributed by atoms with Gasteiger partial charge in [0, 0.05) is 31.0 Å². The maximum atomic E-state index is 11.7. The molecule has 1 aliphatic heterocycles. The lowest BCUT2D eigenvalue weighted by Gasteiger charge is -2.27. The summed E-state index contributed by atoms with van der Waals surface area (Å²) in [7, 11) is 2.83. The first-order chi connectivity index (χ1) is 12.0. The molecule has 25 heavy (non-hydrogen) atoms. The van der Waals surface area contributed by atoms with E-state index in [1.165, 1.54) is 18.4 Å². The molecule has 1 aliphatic rings. The summed E-state index contributed by atoms with van der Waals surface area (Å²) >= 11 is 7.33. The Hall–Kier alpha value is -2.46. The van der Waals surface area contributed by atoms with E-state index in [4.69, 9.17) is 11.6 Å². The quantitative estimate of drug-likeness (QED) is 0.614. The molecule has 3 heterocycles. The van der Waals surface area contributed by atoms with Crippen LogP contribution in [0.4, 0.5) is 15.7 Å². The van der Waals surface area contributed by atoms with Gasteiger partial charge in [0.05, 0.1) is 19.3 Å². The average Bonchev–Trinajstić information content (AvgIpc) is 3.01. The predicted molar refractivity (Wildman–Crippen MR) is 93.3 cm³/mol. The van der Waals surface area contributed by atoms with Crippen LogP contribution in [0, 0.1) is 0 Å². The van der Waals surface area contributed by atoms with Gasteiger partial charge in [0.2, 0.25) is 5.28 Å². The van der Waals surface area contributed by atoms with Crippen molar-refractivity contribution in [1.29, 1.82) is 0 Å². The van der Waals surface area contributed by atoms with Gasteiger partial charge >= 0.3 is 12.0 Å². The number of halogens is 1. The zero-order chi connectivity index (χ0) is 18.0. The van der Waals surface area contributed by atoms with Crippen molar-refractivity contribution in [2.75, 3.05) is 30.9 Å². The number of anilines is 2. The Morgan fingerprint density at radius 2 is 2.16 bits per heavy atom. The molecule has 9 nitrogen and oxygen atoms in total. The molecule has 0 unspecified atom stereocenters. The van der Waals surface area contributed by atoms with E-state index >= 15 is 0 Å². The van der Waals surface area contributed by atoms with E-state index in [1.54, 1.807) is 13.1 Å². The number of fused-ring (bicyclic) bond motifs is 1. The van der Waals surface area contributed by atoms with Crippen LogP contribution in [0.3, 0.4) is 0 Å². The van der Waals surface area contributed by atoms with Crippen LogP contribution in [-0.2, 0) is 17.7 Å². The molecule has 2 aromatic rings. The highest BCUT2D eigenvalue weighted by molar-refractivity contribution is 7.15. The van der Waals surface area contributed by atoms with Crippen LogP contribution in [0.15, 0.2) is 6.07 Å². The third-order valence-corrected chi connectivity index (χ3v) is 4.75. The molecular formula is C14H15ClN6O3S. The summed E-state index contributed by atoms with van der Waals surface area (Å²) in [5.74, 6) is -0.0293. The van der Waals surface area contributed by atoms with Gasteiger partial charge < -0.3 is 15.0 Å². The number of nitrogens with zero attached hydrogens (tertiary/aromatic N) is 4. The molecule has 0 saturated carbocycles. The van der Waals surface area contributed by atoms with Gasteiger partial charge in [-0.15, -0.1) is 0 Å². The highest BCUT2D eigenvalue weighted by Gasteiger charge is 2.24. The number of esters is 1. The number of ether oxygens (including phenoxy) is 1. The first-order valence-electron chi connectivity index (χ1n) is 7.35. The summed E-state index contributed by atoms with van der Waals surface area (Å²) in [5.41, 5.74) is 1.05. The van der Waals surface area contributed by atoms with Crippen LogP contribution < -0.4 is 15.5 Å². The molecule has 2 amide bonds. The third-order valence-electron chi connectivity index (χ3n) is 3.58. The summed E-state index contributed by atoms with van der Waals surface area (Å²) in [5, 5.41) is 5.69. The Bertz CT molecular complexity index is 827. The molecule has 11 heteroatoms. The van der Waals surface area contributed by atoms with E-state index in [1.807, 2.05) is 4.90 Å². The molecule has 3 rings (SSSR count). The van der Waals surface area contributed by atoms with Crippen molar-refractivity contribution >= 4 is 45.9 Å². The number of thiazole rings is 1. The number of urea groups is 1. The maximum absolute atomic E-state index is 11.7. The summed E-state index contributed by atoms with van der Waals surface area (Å²) in [6, 6.07) is 1.24. The van der Waals surface area contributed by atoms with Gasteiger partial charge in [0.1, 0.15) is 5.82 Å². The Balaban J connectivity index is 1.82. The minimum atomic E-state index is -0.571. The summed E-state index contributed by atoms with van der Waals surface area (Å²) < 4.78 is 4.68. The zero-order valence-electron chi connectivity index (χ0n) is 13.5. The number of rotatable bonds is 3. The molecule has 0 fully saturated rings. The Kier molecular flexibility index (Phi) is 5.00. The molecule has 2 aromatic heterocycles. The number of methoxy groups -OCH3 is 1. The lowest BCUT2D eigenvalue weighted by Crippen LogP contribution is -2.30. The number of hydrogen-bond acceptors (Lipinski definition) is 8. The SMILES string of the molecule is CNC(=O)Nc1nc2c(s1)CN(c1cc(C(=O)OC)nc(Cl)n1)CC2. The van der Waals surface area contributed by atoms with Crippen LogP contribution >= 0.6 is 22.9 Å². The van der Waals surface area contributed by atoms with Crippen molar-refractivity contribution in [1.82, 2.24) is 20.3 Å². The maximum Gasteiger partial charge on any atom is 0.356 e. The van der Waals surface area contributed by atoms with E-state index in [0.717, 1.165) is 10.6 Å². The largest absolute Gasteiger partial charge is 0.464 e. The van der Waals surface area contributed by atoms with Crippen molar-refractivity contribution in [3.05, 3.63) is 27.6 Å². The molecule has 0 radical (unpaired) electrons. The first-order valence-corrected chi connectivity index (χ1v) is 8.54. The monoisotopic (exact) mass is 382 g/mol. The zero-order valence-corrected chi connectivity index (χ0v) is 15.1. The molecule has 132 valence electrons. The van der Waals surface area contributed by atoms with Crippen molar-refractivity contribution < 1.29 is 14.3 Å². The highest BCUT2D eigenvalue weighted by atomic mass is 35.5. The van der Waals surface area contributed by atoms with Gasteiger partial charge in [-0.3, -0.25) is 5.32 Å². The lowest BCUT2D eigenvalue weighted by molar-refractivity contribution is 0.0594. The highest BCUT2D eigenvalue weighted by Crippen LogP contribution is 2.30. The minimum absolute atomic E-state index is 0.0185. The van der Waals surface area contributed by atoms with Crippen molar-refractivity contribution in [3.8, 4) is 0 Å². The van der Waals surface area contributed by atoms with Gasteiger partial charge in [0.25, 0.3) is 0 Å². The fraction of sp³-hybridized carbons (Fsp3) is 0.357. The molecule has 0 aliphatic carbocycles. The molecular weight excluding hydrogens is 368 g/mol. The van der Waals surface area contributed by atoms with Gasteiger partial charge in [0.15, 0.2) is 10.8 Å². The standard InChI is InChI=1S/C14H15ClN6O3S/c1-16-13(23)20-14-18-7-3-4-21(6-9(7)25-14)10-5-8(11(22)24-2)17-12(15)19-10/h5H,3-4,6H2,1-2H3,(H2,16,18,20,23). The molecule has 0 spiro atoms. The molecule has 0 atom stereocenters. The molecule has 0 saturated heterocycles. The number of carbonyl (C=O) groups is 2. The topological polar surface area (TPSA) is 109 Å². The smallest absolute Gasteiger partial charge is 0.356 e.